The molecule has 0 aliphatic carbocycles. The summed E-state index contributed by atoms with van der Waals surface area (Å²) in [4.78, 5) is 0. The van der Waals surface area contributed by atoms with E-state index in [0.29, 0.717) is 19.8 Å². The molecule has 0 aromatic heterocycles. The van der Waals surface area contributed by atoms with Gasteiger partial charge in [-0.05, 0) is 16.7 Å². The molecule has 1 saturated heterocycles. The third-order valence-corrected chi connectivity index (χ3v) is 5.82. The van der Waals surface area contributed by atoms with Gasteiger partial charge in [0.05, 0.1) is 26.4 Å². The third-order valence-electron chi connectivity index (χ3n) is 5.82. The third kappa shape index (κ3) is 6.73. The first-order chi connectivity index (χ1) is 16.7. The molecule has 0 bridgehead atoms. The lowest BCUT2D eigenvalue weighted by atomic mass is 9.98. The maximum absolute atomic E-state index is 11.2. The molecule has 0 unspecified atom stereocenters. The van der Waals surface area contributed by atoms with E-state index in [1.807, 2.05) is 91.0 Å². The molecule has 6 heteroatoms. The van der Waals surface area contributed by atoms with Gasteiger partial charge in [-0.1, -0.05) is 91.0 Å². The van der Waals surface area contributed by atoms with Crippen LogP contribution >= 0.6 is 0 Å². The number of hydrogen-bond acceptors (Lipinski definition) is 6. The second-order valence-corrected chi connectivity index (χ2v) is 8.29. The summed E-state index contributed by atoms with van der Waals surface area (Å²) >= 11 is 0. The van der Waals surface area contributed by atoms with E-state index in [-0.39, 0.29) is 6.61 Å². The van der Waals surface area contributed by atoms with Gasteiger partial charge in [0, 0.05) is 7.11 Å². The fourth-order valence-corrected chi connectivity index (χ4v) is 3.99. The first-order valence-electron chi connectivity index (χ1n) is 11.5. The van der Waals surface area contributed by atoms with Crippen molar-refractivity contribution in [2.24, 2.45) is 0 Å². The van der Waals surface area contributed by atoms with Crippen LogP contribution in [0.15, 0.2) is 91.0 Å². The summed E-state index contributed by atoms with van der Waals surface area (Å²) in [5.41, 5.74) is 3.08. The van der Waals surface area contributed by atoms with Gasteiger partial charge in [0.25, 0.3) is 0 Å². The molecule has 1 fully saturated rings. The Morgan fingerprint density at radius 1 is 0.676 bits per heavy atom. The van der Waals surface area contributed by atoms with Crippen molar-refractivity contribution in [2.75, 3.05) is 13.7 Å². The highest BCUT2D eigenvalue weighted by atomic mass is 16.7. The molecule has 3 aromatic carbocycles. The zero-order valence-corrected chi connectivity index (χ0v) is 19.4. The van der Waals surface area contributed by atoms with Crippen molar-refractivity contribution in [3.8, 4) is 0 Å². The van der Waals surface area contributed by atoms with Gasteiger partial charge in [-0.15, -0.1) is 0 Å². The van der Waals surface area contributed by atoms with Gasteiger partial charge in [0.2, 0.25) is 0 Å². The summed E-state index contributed by atoms with van der Waals surface area (Å²) in [5.74, 6) is 0. The minimum atomic E-state index is -0.952. The van der Waals surface area contributed by atoms with Crippen LogP contribution in [0, 0.1) is 0 Å². The van der Waals surface area contributed by atoms with E-state index in [2.05, 4.69) is 0 Å². The lowest BCUT2D eigenvalue weighted by Crippen LogP contribution is -2.60. The molecule has 1 aliphatic heterocycles. The van der Waals surface area contributed by atoms with Crippen LogP contribution in [0.1, 0.15) is 16.7 Å². The standard InChI is InChI=1S/C28H32O6/c1-30-28-27(33-19-23-15-9-4-10-16-23)26(32-18-22-13-7-3-8-14-22)25(29)24(34-28)20-31-17-21-11-5-2-6-12-21/h2-16,24-29H,17-20H2,1H3/t24-,25+,26+,27+,28+/m1/s1. The van der Waals surface area contributed by atoms with Gasteiger partial charge in [-0.3, -0.25) is 0 Å². The number of benzene rings is 3. The monoisotopic (exact) mass is 464 g/mol. The Morgan fingerprint density at radius 3 is 1.65 bits per heavy atom. The van der Waals surface area contributed by atoms with Crippen LogP contribution in [0.25, 0.3) is 0 Å². The number of ether oxygens (including phenoxy) is 5. The van der Waals surface area contributed by atoms with Crippen LogP contribution in [0.4, 0.5) is 0 Å². The topological polar surface area (TPSA) is 66.4 Å². The second-order valence-electron chi connectivity index (χ2n) is 8.29. The minimum Gasteiger partial charge on any atom is -0.387 e. The van der Waals surface area contributed by atoms with E-state index < -0.39 is 30.7 Å². The zero-order valence-electron chi connectivity index (χ0n) is 19.4. The molecule has 1 heterocycles. The predicted octanol–water partition coefficient (Wildman–Crippen LogP) is 4.11. The first-order valence-corrected chi connectivity index (χ1v) is 11.5. The Balaban J connectivity index is 1.44. The van der Waals surface area contributed by atoms with Crippen LogP contribution in [0.2, 0.25) is 0 Å². The van der Waals surface area contributed by atoms with Gasteiger partial charge >= 0.3 is 0 Å². The molecule has 0 radical (unpaired) electrons. The average molecular weight is 465 g/mol. The van der Waals surface area contributed by atoms with E-state index in [1.165, 1.54) is 0 Å². The van der Waals surface area contributed by atoms with Crippen molar-refractivity contribution in [3.63, 3.8) is 0 Å². The van der Waals surface area contributed by atoms with Crippen molar-refractivity contribution in [1.82, 2.24) is 0 Å². The van der Waals surface area contributed by atoms with E-state index in [4.69, 9.17) is 23.7 Å². The van der Waals surface area contributed by atoms with Crippen molar-refractivity contribution < 1.29 is 28.8 Å². The Morgan fingerprint density at radius 2 is 1.15 bits per heavy atom. The maximum atomic E-state index is 11.2. The highest BCUT2D eigenvalue weighted by molar-refractivity contribution is 5.15. The van der Waals surface area contributed by atoms with Crippen molar-refractivity contribution in [3.05, 3.63) is 108 Å². The molecule has 0 spiro atoms. The molecular formula is C28H32O6. The molecular weight excluding hydrogens is 432 g/mol. The van der Waals surface area contributed by atoms with Gasteiger partial charge in [-0.25, -0.2) is 0 Å². The molecule has 5 atom stereocenters. The Labute approximate surface area is 201 Å². The second kappa shape index (κ2) is 12.8. The summed E-state index contributed by atoms with van der Waals surface area (Å²) in [6.45, 7) is 1.31. The Hall–Kier alpha value is -2.58. The molecule has 1 N–H and O–H groups in total. The van der Waals surface area contributed by atoms with E-state index in [1.54, 1.807) is 7.11 Å². The summed E-state index contributed by atoms with van der Waals surface area (Å²) in [5, 5.41) is 11.2. The smallest absolute Gasteiger partial charge is 0.186 e. The molecule has 3 aromatic rings. The summed E-state index contributed by atoms with van der Waals surface area (Å²) < 4.78 is 30.0. The summed E-state index contributed by atoms with van der Waals surface area (Å²) in [6.07, 6.45) is -3.56. The largest absolute Gasteiger partial charge is 0.387 e. The lowest BCUT2D eigenvalue weighted by molar-refractivity contribution is -0.315. The van der Waals surface area contributed by atoms with Crippen molar-refractivity contribution in [1.29, 1.82) is 0 Å². The highest BCUT2D eigenvalue weighted by Gasteiger charge is 2.47. The lowest BCUT2D eigenvalue weighted by Gasteiger charge is -2.43. The van der Waals surface area contributed by atoms with Gasteiger partial charge in [-0.2, -0.15) is 0 Å². The average Bonchev–Trinajstić information content (AvgIpc) is 2.89. The highest BCUT2D eigenvalue weighted by Crippen LogP contribution is 2.28. The van der Waals surface area contributed by atoms with Crippen LogP contribution in [0.5, 0.6) is 0 Å². The molecule has 0 saturated carbocycles. The summed E-state index contributed by atoms with van der Waals surface area (Å²) in [6, 6.07) is 29.6. The van der Waals surface area contributed by atoms with Gasteiger partial charge < -0.3 is 28.8 Å². The van der Waals surface area contributed by atoms with E-state index in [9.17, 15) is 5.11 Å². The quantitative estimate of drug-likeness (QED) is 0.461. The van der Waals surface area contributed by atoms with Gasteiger partial charge in [0.1, 0.15) is 24.4 Å². The zero-order chi connectivity index (χ0) is 23.6. The fraction of sp³-hybridized carbons (Fsp3) is 0.357. The van der Waals surface area contributed by atoms with Crippen LogP contribution in [-0.2, 0) is 43.5 Å². The Kier molecular flexibility index (Phi) is 9.21. The number of aliphatic hydroxyl groups is 1. The maximum Gasteiger partial charge on any atom is 0.186 e. The normalized spacial score (nSPS) is 24.7. The van der Waals surface area contributed by atoms with Crippen LogP contribution < -0.4 is 0 Å². The molecule has 6 nitrogen and oxygen atoms in total. The molecule has 0 amide bonds. The number of methoxy groups -OCH3 is 1. The fourth-order valence-electron chi connectivity index (χ4n) is 3.99. The van der Waals surface area contributed by atoms with Crippen LogP contribution in [0.3, 0.4) is 0 Å². The number of hydrogen-bond donors (Lipinski definition) is 1. The van der Waals surface area contributed by atoms with Crippen molar-refractivity contribution >= 4 is 0 Å². The minimum absolute atomic E-state index is 0.201. The Bertz CT molecular complexity index is 952. The molecule has 1 aliphatic rings. The molecule has 4 rings (SSSR count). The number of aliphatic hydroxyl groups excluding tert-OH is 1. The van der Waals surface area contributed by atoms with Crippen LogP contribution in [-0.4, -0.2) is 49.5 Å². The molecule has 180 valence electrons. The summed E-state index contributed by atoms with van der Waals surface area (Å²) in [7, 11) is 1.57. The van der Waals surface area contributed by atoms with E-state index >= 15 is 0 Å². The number of rotatable bonds is 11. The van der Waals surface area contributed by atoms with E-state index in [0.717, 1.165) is 16.7 Å². The first kappa shape index (κ1) is 24.5. The predicted molar refractivity (Wildman–Crippen MR) is 128 cm³/mol. The molecule has 34 heavy (non-hydrogen) atoms. The van der Waals surface area contributed by atoms with Gasteiger partial charge in [0.15, 0.2) is 6.29 Å². The SMILES string of the molecule is CO[C@H]1O[C@H](COCc2ccccc2)[C@H](O)[C@H](OCc2ccccc2)[C@@H]1OCc1ccccc1. The van der Waals surface area contributed by atoms with Crippen molar-refractivity contribution in [2.45, 2.75) is 50.5 Å².